The summed E-state index contributed by atoms with van der Waals surface area (Å²) < 4.78 is 1.82. The molecule has 0 aliphatic rings. The minimum absolute atomic E-state index is 0.0470. The van der Waals surface area contributed by atoms with Crippen molar-refractivity contribution in [3.8, 4) is 0 Å². The maximum Gasteiger partial charge on any atom is 0.244 e. The predicted molar refractivity (Wildman–Crippen MR) is 59.7 cm³/mol. The lowest BCUT2D eigenvalue weighted by atomic mass is 10.7. The van der Waals surface area contributed by atoms with Gasteiger partial charge < -0.3 is 4.57 Å². The highest BCUT2D eigenvalue weighted by Crippen LogP contribution is 2.29. The van der Waals surface area contributed by atoms with Crippen LogP contribution in [0.3, 0.4) is 0 Å². The second kappa shape index (κ2) is 4.52. The molecule has 0 fully saturated rings. The molecule has 0 bridgehead atoms. The maximum atomic E-state index is 5.83. The van der Waals surface area contributed by atoms with Crippen molar-refractivity contribution in [3.63, 3.8) is 0 Å². The molecule has 0 saturated carbocycles. The number of halogens is 2. The van der Waals surface area contributed by atoms with Crippen molar-refractivity contribution in [1.29, 1.82) is 0 Å². The lowest BCUT2D eigenvalue weighted by Crippen LogP contribution is -1.96. The van der Waals surface area contributed by atoms with Crippen LogP contribution in [0.5, 0.6) is 0 Å². The van der Waals surface area contributed by atoms with E-state index in [9.17, 15) is 0 Å². The van der Waals surface area contributed by atoms with Crippen LogP contribution in [0.15, 0.2) is 10.2 Å². The number of aryl methyl sites for hydroxylation is 1. The molecule has 0 saturated heterocycles. The van der Waals surface area contributed by atoms with E-state index in [0.717, 1.165) is 5.82 Å². The topological polar surface area (TPSA) is 69.4 Å². The summed E-state index contributed by atoms with van der Waals surface area (Å²) in [6.45, 7) is 1.85. The SMILES string of the molecule is Cc1nnc(Sc2nc(Cl)nnc2Cl)n1C. The fraction of sp³-hybridized carbons (Fsp3) is 0.286. The molecule has 0 aliphatic carbocycles. The molecule has 16 heavy (non-hydrogen) atoms. The Hall–Kier alpha value is -0.920. The summed E-state index contributed by atoms with van der Waals surface area (Å²) in [6, 6.07) is 0. The first-order valence-corrected chi connectivity index (χ1v) is 5.74. The molecule has 2 rings (SSSR count). The number of hydrogen-bond donors (Lipinski definition) is 0. The minimum Gasteiger partial charge on any atom is -0.309 e. The minimum atomic E-state index is 0.0470. The number of hydrogen-bond acceptors (Lipinski definition) is 6. The summed E-state index contributed by atoms with van der Waals surface area (Å²) in [5.74, 6) is 0.798. The molecule has 9 heteroatoms. The van der Waals surface area contributed by atoms with Gasteiger partial charge >= 0.3 is 0 Å². The molecule has 0 unspecified atom stereocenters. The van der Waals surface area contributed by atoms with E-state index in [2.05, 4.69) is 25.4 Å². The summed E-state index contributed by atoms with van der Waals surface area (Å²) >= 11 is 12.7. The van der Waals surface area contributed by atoms with Crippen LogP contribution in [-0.4, -0.2) is 29.9 Å². The van der Waals surface area contributed by atoms with Gasteiger partial charge in [-0.15, -0.1) is 20.4 Å². The van der Waals surface area contributed by atoms with E-state index in [0.29, 0.717) is 10.2 Å². The van der Waals surface area contributed by atoms with Gasteiger partial charge in [-0.25, -0.2) is 4.98 Å². The predicted octanol–water partition coefficient (Wildman–Crippen LogP) is 1.77. The summed E-state index contributed by atoms with van der Waals surface area (Å²) in [7, 11) is 1.85. The van der Waals surface area contributed by atoms with Crippen molar-refractivity contribution in [3.05, 3.63) is 16.3 Å². The lowest BCUT2D eigenvalue weighted by Gasteiger charge is -2.01. The summed E-state index contributed by atoms with van der Waals surface area (Å²) in [6.07, 6.45) is 0. The zero-order chi connectivity index (χ0) is 11.7. The Morgan fingerprint density at radius 3 is 2.50 bits per heavy atom. The highest BCUT2D eigenvalue weighted by atomic mass is 35.5. The molecule has 2 aromatic rings. The van der Waals surface area contributed by atoms with Gasteiger partial charge in [-0.3, -0.25) is 0 Å². The molecule has 0 amide bonds. The molecule has 0 atom stereocenters. The van der Waals surface area contributed by atoms with Gasteiger partial charge in [0.15, 0.2) is 10.3 Å². The third kappa shape index (κ3) is 2.26. The van der Waals surface area contributed by atoms with E-state index in [1.165, 1.54) is 11.8 Å². The van der Waals surface area contributed by atoms with Crippen molar-refractivity contribution >= 4 is 35.0 Å². The summed E-state index contributed by atoms with van der Waals surface area (Å²) in [5, 5.41) is 16.4. The van der Waals surface area contributed by atoms with Gasteiger partial charge in [0.25, 0.3) is 0 Å². The molecule has 0 N–H and O–H groups in total. The second-order valence-electron chi connectivity index (χ2n) is 2.87. The summed E-state index contributed by atoms with van der Waals surface area (Å²) in [5.41, 5.74) is 0. The smallest absolute Gasteiger partial charge is 0.244 e. The molecule has 84 valence electrons. The van der Waals surface area contributed by atoms with E-state index in [-0.39, 0.29) is 10.4 Å². The van der Waals surface area contributed by atoms with Crippen LogP contribution >= 0.6 is 35.0 Å². The van der Waals surface area contributed by atoms with Gasteiger partial charge in [0.1, 0.15) is 10.9 Å². The zero-order valence-electron chi connectivity index (χ0n) is 8.35. The first-order chi connectivity index (χ1) is 7.58. The fourth-order valence-corrected chi connectivity index (χ4v) is 2.06. The standard InChI is InChI=1S/C7H6Cl2N6S/c1-3-11-14-7(15(3)2)16-5-4(8)12-13-6(9)10-5/h1-2H3. The molecular weight excluding hydrogens is 271 g/mol. The van der Waals surface area contributed by atoms with Crippen molar-refractivity contribution in [2.45, 2.75) is 17.1 Å². The molecule has 2 heterocycles. The quantitative estimate of drug-likeness (QED) is 0.833. The highest BCUT2D eigenvalue weighted by Gasteiger charge is 2.12. The first kappa shape index (κ1) is 11.6. The fourth-order valence-electron chi connectivity index (χ4n) is 0.908. The Labute approximate surface area is 105 Å². The largest absolute Gasteiger partial charge is 0.309 e. The third-order valence-corrected chi connectivity index (χ3v) is 3.37. The van der Waals surface area contributed by atoms with Gasteiger partial charge in [0.2, 0.25) is 5.28 Å². The first-order valence-electron chi connectivity index (χ1n) is 4.17. The van der Waals surface area contributed by atoms with E-state index in [1.807, 2.05) is 18.5 Å². The van der Waals surface area contributed by atoms with E-state index >= 15 is 0 Å². The Bertz CT molecular complexity index is 528. The van der Waals surface area contributed by atoms with Crippen LogP contribution < -0.4 is 0 Å². The lowest BCUT2D eigenvalue weighted by molar-refractivity contribution is 0.763. The Morgan fingerprint density at radius 2 is 1.88 bits per heavy atom. The van der Waals surface area contributed by atoms with Crippen LogP contribution in [0.25, 0.3) is 0 Å². The number of rotatable bonds is 2. The van der Waals surface area contributed by atoms with Crippen LogP contribution in [0.4, 0.5) is 0 Å². The van der Waals surface area contributed by atoms with Crippen LogP contribution in [-0.2, 0) is 7.05 Å². The Morgan fingerprint density at radius 1 is 1.12 bits per heavy atom. The van der Waals surface area contributed by atoms with Gasteiger partial charge in [0, 0.05) is 7.05 Å². The monoisotopic (exact) mass is 276 g/mol. The zero-order valence-corrected chi connectivity index (χ0v) is 10.7. The van der Waals surface area contributed by atoms with E-state index in [1.54, 1.807) is 0 Å². The average Bonchev–Trinajstić information content (AvgIpc) is 2.55. The molecule has 0 aromatic carbocycles. The third-order valence-electron chi connectivity index (χ3n) is 1.83. The van der Waals surface area contributed by atoms with Gasteiger partial charge in [0.05, 0.1) is 0 Å². The van der Waals surface area contributed by atoms with Crippen LogP contribution in [0.1, 0.15) is 5.82 Å². The molecule has 0 radical (unpaired) electrons. The molecule has 0 aliphatic heterocycles. The Kier molecular flexibility index (Phi) is 3.27. The van der Waals surface area contributed by atoms with E-state index < -0.39 is 0 Å². The van der Waals surface area contributed by atoms with Gasteiger partial charge in [-0.2, -0.15) is 0 Å². The summed E-state index contributed by atoms with van der Waals surface area (Å²) in [4.78, 5) is 3.96. The molecule has 2 aromatic heterocycles. The molecular formula is C7H6Cl2N6S. The van der Waals surface area contributed by atoms with E-state index in [4.69, 9.17) is 23.2 Å². The molecule has 0 spiro atoms. The Balaban J connectivity index is 2.33. The highest BCUT2D eigenvalue weighted by molar-refractivity contribution is 7.99. The van der Waals surface area contributed by atoms with Gasteiger partial charge in [-0.1, -0.05) is 11.6 Å². The van der Waals surface area contributed by atoms with Crippen molar-refractivity contribution < 1.29 is 0 Å². The number of nitrogens with zero attached hydrogens (tertiary/aromatic N) is 6. The average molecular weight is 277 g/mol. The second-order valence-corrected chi connectivity index (χ2v) is 4.52. The number of aromatic nitrogens is 6. The van der Waals surface area contributed by atoms with Crippen molar-refractivity contribution in [2.24, 2.45) is 7.05 Å². The van der Waals surface area contributed by atoms with Crippen molar-refractivity contribution in [1.82, 2.24) is 29.9 Å². The van der Waals surface area contributed by atoms with Crippen LogP contribution in [0, 0.1) is 6.92 Å². The van der Waals surface area contributed by atoms with Crippen molar-refractivity contribution in [2.75, 3.05) is 0 Å². The maximum absolute atomic E-state index is 5.83. The van der Waals surface area contributed by atoms with Gasteiger partial charge in [-0.05, 0) is 30.3 Å². The molecule has 6 nitrogen and oxygen atoms in total. The van der Waals surface area contributed by atoms with Crippen LogP contribution in [0.2, 0.25) is 10.4 Å². The normalized spacial score (nSPS) is 10.8.